The van der Waals surface area contributed by atoms with Crippen molar-refractivity contribution in [1.82, 2.24) is 20.5 Å². The van der Waals surface area contributed by atoms with Gasteiger partial charge in [0.05, 0.1) is 6.54 Å². The van der Waals surface area contributed by atoms with Gasteiger partial charge in [0.25, 0.3) is 5.91 Å². The zero-order chi connectivity index (χ0) is 13.7. The fraction of sp³-hybridized carbons (Fsp3) is 0.538. The van der Waals surface area contributed by atoms with Crippen molar-refractivity contribution < 1.29 is 9.59 Å². The SMILES string of the molecule is CNCC1CCCN1CC(=O)NC(=O)c1ccc[nH]1. The monoisotopic (exact) mass is 264 g/mol. The lowest BCUT2D eigenvalue weighted by Gasteiger charge is -2.23. The first-order valence-corrected chi connectivity index (χ1v) is 6.57. The molecule has 1 unspecified atom stereocenters. The zero-order valence-corrected chi connectivity index (χ0v) is 11.1. The molecule has 3 N–H and O–H groups in total. The van der Waals surface area contributed by atoms with Crippen LogP contribution in [0.1, 0.15) is 23.3 Å². The van der Waals surface area contributed by atoms with Crippen LogP contribution in [-0.4, -0.2) is 54.4 Å². The number of hydrogen-bond acceptors (Lipinski definition) is 4. The van der Waals surface area contributed by atoms with Gasteiger partial charge >= 0.3 is 0 Å². The van der Waals surface area contributed by atoms with Crippen molar-refractivity contribution >= 4 is 11.8 Å². The highest BCUT2D eigenvalue weighted by Gasteiger charge is 2.26. The number of nitrogens with one attached hydrogen (secondary N) is 3. The number of H-pyrrole nitrogens is 1. The molecular formula is C13H20N4O2. The third kappa shape index (κ3) is 3.65. The molecule has 0 bridgehead atoms. The minimum atomic E-state index is -0.376. The number of nitrogens with zero attached hydrogens (tertiary/aromatic N) is 1. The summed E-state index contributed by atoms with van der Waals surface area (Å²) in [7, 11) is 1.91. The van der Waals surface area contributed by atoms with E-state index >= 15 is 0 Å². The maximum Gasteiger partial charge on any atom is 0.274 e. The zero-order valence-electron chi connectivity index (χ0n) is 11.1. The molecule has 1 fully saturated rings. The molecule has 0 saturated carbocycles. The van der Waals surface area contributed by atoms with Crippen molar-refractivity contribution in [3.8, 4) is 0 Å². The standard InChI is InChI=1S/C13H20N4O2/c1-14-8-10-4-3-7-17(10)9-12(18)16-13(19)11-5-2-6-15-11/h2,5-6,10,14-15H,3-4,7-9H2,1H3,(H,16,18,19). The molecule has 2 amide bonds. The molecule has 1 aliphatic heterocycles. The second kappa shape index (κ2) is 6.49. The van der Waals surface area contributed by atoms with Gasteiger partial charge in [-0.25, -0.2) is 0 Å². The predicted octanol–water partition coefficient (Wildman–Crippen LogP) is -0.0451. The van der Waals surface area contributed by atoms with Crippen molar-refractivity contribution in [2.75, 3.05) is 26.7 Å². The number of rotatable bonds is 5. The maximum atomic E-state index is 11.8. The average molecular weight is 264 g/mol. The van der Waals surface area contributed by atoms with Crippen LogP contribution in [0.3, 0.4) is 0 Å². The molecule has 1 saturated heterocycles. The Morgan fingerprint density at radius 1 is 1.53 bits per heavy atom. The van der Waals surface area contributed by atoms with E-state index < -0.39 is 0 Å². The molecule has 1 aromatic rings. The van der Waals surface area contributed by atoms with Crippen LogP contribution in [0.25, 0.3) is 0 Å². The fourth-order valence-electron chi connectivity index (χ4n) is 2.46. The van der Waals surface area contributed by atoms with Gasteiger partial charge in [-0.15, -0.1) is 0 Å². The van der Waals surface area contributed by atoms with E-state index in [0.29, 0.717) is 11.7 Å². The Bertz CT molecular complexity index is 430. The van der Waals surface area contributed by atoms with Gasteiger partial charge in [-0.1, -0.05) is 0 Å². The first-order valence-electron chi connectivity index (χ1n) is 6.57. The number of aromatic nitrogens is 1. The Hall–Kier alpha value is -1.66. The van der Waals surface area contributed by atoms with Crippen molar-refractivity contribution in [3.05, 3.63) is 24.0 Å². The highest BCUT2D eigenvalue weighted by atomic mass is 16.2. The quantitative estimate of drug-likeness (QED) is 0.697. The summed E-state index contributed by atoms with van der Waals surface area (Å²) in [5.41, 5.74) is 0.404. The first-order chi connectivity index (χ1) is 9.20. The van der Waals surface area contributed by atoms with Crippen molar-refractivity contribution in [1.29, 1.82) is 0 Å². The van der Waals surface area contributed by atoms with Gasteiger partial charge < -0.3 is 10.3 Å². The van der Waals surface area contributed by atoms with E-state index in [4.69, 9.17) is 0 Å². The summed E-state index contributed by atoms with van der Waals surface area (Å²) in [6.45, 7) is 2.06. The number of amides is 2. The van der Waals surface area contributed by atoms with Gasteiger partial charge in [0.2, 0.25) is 5.91 Å². The summed E-state index contributed by atoms with van der Waals surface area (Å²) < 4.78 is 0. The van der Waals surface area contributed by atoms with E-state index in [-0.39, 0.29) is 18.4 Å². The lowest BCUT2D eigenvalue weighted by Crippen LogP contribution is -2.44. The summed E-state index contributed by atoms with van der Waals surface area (Å²) in [4.78, 5) is 28.4. The topological polar surface area (TPSA) is 77.2 Å². The van der Waals surface area contributed by atoms with E-state index in [1.54, 1.807) is 18.3 Å². The minimum Gasteiger partial charge on any atom is -0.357 e. The molecule has 6 nitrogen and oxygen atoms in total. The molecule has 1 aliphatic rings. The Balaban J connectivity index is 1.82. The van der Waals surface area contributed by atoms with Gasteiger partial charge in [-0.2, -0.15) is 0 Å². The molecule has 19 heavy (non-hydrogen) atoms. The number of imide groups is 1. The second-order valence-corrected chi connectivity index (χ2v) is 4.79. The van der Waals surface area contributed by atoms with Crippen molar-refractivity contribution in [3.63, 3.8) is 0 Å². The summed E-state index contributed by atoms with van der Waals surface area (Å²) in [6.07, 6.45) is 3.85. The number of carbonyl (C=O) groups is 2. The van der Waals surface area contributed by atoms with Gasteiger partial charge in [0.1, 0.15) is 5.69 Å². The largest absolute Gasteiger partial charge is 0.357 e. The van der Waals surface area contributed by atoms with Crippen molar-refractivity contribution in [2.24, 2.45) is 0 Å². The molecule has 104 valence electrons. The van der Waals surface area contributed by atoms with E-state index in [2.05, 4.69) is 20.5 Å². The van der Waals surface area contributed by atoms with Crippen LogP contribution < -0.4 is 10.6 Å². The molecule has 0 spiro atoms. The van der Waals surface area contributed by atoms with Gasteiger partial charge in [0.15, 0.2) is 0 Å². The van der Waals surface area contributed by atoms with Crippen LogP contribution in [0.15, 0.2) is 18.3 Å². The molecule has 0 radical (unpaired) electrons. The maximum absolute atomic E-state index is 11.8. The van der Waals surface area contributed by atoms with E-state index in [0.717, 1.165) is 25.9 Å². The Labute approximate surface area is 112 Å². The Morgan fingerprint density at radius 2 is 2.37 bits per heavy atom. The smallest absolute Gasteiger partial charge is 0.274 e. The Kier molecular flexibility index (Phi) is 4.70. The average Bonchev–Trinajstić information content (AvgIpc) is 3.01. The van der Waals surface area contributed by atoms with Crippen LogP contribution in [-0.2, 0) is 4.79 Å². The lowest BCUT2D eigenvalue weighted by molar-refractivity contribution is -0.121. The number of hydrogen-bond donors (Lipinski definition) is 3. The number of carbonyl (C=O) groups excluding carboxylic acids is 2. The summed E-state index contributed by atoms with van der Waals surface area (Å²) in [5, 5.41) is 5.53. The molecular weight excluding hydrogens is 244 g/mol. The van der Waals surface area contributed by atoms with Crippen LogP contribution >= 0.6 is 0 Å². The summed E-state index contributed by atoms with van der Waals surface area (Å²) >= 11 is 0. The van der Waals surface area contributed by atoms with Crippen LogP contribution in [0.2, 0.25) is 0 Å². The van der Waals surface area contributed by atoms with Crippen LogP contribution in [0, 0.1) is 0 Å². The van der Waals surface area contributed by atoms with E-state index in [9.17, 15) is 9.59 Å². The lowest BCUT2D eigenvalue weighted by atomic mass is 10.2. The third-order valence-corrected chi connectivity index (χ3v) is 3.38. The number of likely N-dealkylation sites (N-methyl/N-ethyl adjacent to an activating group) is 1. The second-order valence-electron chi connectivity index (χ2n) is 4.79. The summed E-state index contributed by atoms with van der Waals surface area (Å²) in [6, 6.07) is 3.75. The van der Waals surface area contributed by atoms with Gasteiger partial charge in [0, 0.05) is 18.8 Å². The van der Waals surface area contributed by atoms with Gasteiger partial charge in [-0.3, -0.25) is 19.8 Å². The molecule has 2 rings (SSSR count). The van der Waals surface area contributed by atoms with Crippen molar-refractivity contribution in [2.45, 2.75) is 18.9 Å². The van der Waals surface area contributed by atoms with E-state index in [1.807, 2.05) is 7.05 Å². The third-order valence-electron chi connectivity index (χ3n) is 3.38. The molecule has 6 heteroatoms. The summed E-state index contributed by atoms with van der Waals surface area (Å²) in [5.74, 6) is -0.623. The van der Waals surface area contributed by atoms with Gasteiger partial charge in [-0.05, 0) is 38.6 Å². The predicted molar refractivity (Wildman–Crippen MR) is 71.8 cm³/mol. The molecule has 1 aromatic heterocycles. The highest BCUT2D eigenvalue weighted by Crippen LogP contribution is 2.15. The minimum absolute atomic E-state index is 0.248. The van der Waals surface area contributed by atoms with Crippen LogP contribution in [0.5, 0.6) is 0 Å². The fourth-order valence-corrected chi connectivity index (χ4v) is 2.46. The van der Waals surface area contributed by atoms with E-state index in [1.165, 1.54) is 0 Å². The van der Waals surface area contributed by atoms with Crippen LogP contribution in [0.4, 0.5) is 0 Å². The highest BCUT2D eigenvalue weighted by molar-refractivity contribution is 6.04. The first kappa shape index (κ1) is 13.8. The number of likely N-dealkylation sites (tertiary alicyclic amines) is 1. The molecule has 2 heterocycles. The normalized spacial score (nSPS) is 19.5. The molecule has 0 aliphatic carbocycles. The Morgan fingerprint density at radius 3 is 3.05 bits per heavy atom. The molecule has 1 atom stereocenters. The molecule has 0 aromatic carbocycles. The number of aromatic amines is 1.